The second-order valence-corrected chi connectivity index (χ2v) is 15.2. The van der Waals surface area contributed by atoms with Crippen molar-refractivity contribution in [2.24, 2.45) is 0 Å². The van der Waals surface area contributed by atoms with Gasteiger partial charge >= 0.3 is 0 Å². The van der Waals surface area contributed by atoms with E-state index in [0.29, 0.717) is 0 Å². The topological polar surface area (TPSA) is 63.4 Å². The Hall–Kier alpha value is -1.02. The summed E-state index contributed by atoms with van der Waals surface area (Å²) in [4.78, 5) is 11.8. The van der Waals surface area contributed by atoms with Crippen LogP contribution in [0.2, 0.25) is 18.1 Å². The van der Waals surface area contributed by atoms with Crippen LogP contribution < -0.4 is 0 Å². The van der Waals surface area contributed by atoms with E-state index in [9.17, 15) is 13.2 Å². The smallest absolute Gasteiger partial charge is 0.244 e. The van der Waals surface area contributed by atoms with Gasteiger partial charge in [0, 0.05) is 0 Å². The molecular weight excluding hydrogens is 354 g/mol. The van der Waals surface area contributed by atoms with Gasteiger partial charge in [0.05, 0.1) is 17.5 Å². The molecule has 25 heavy (non-hydrogen) atoms. The average molecular weight is 384 g/mol. The highest BCUT2D eigenvalue weighted by Crippen LogP contribution is 2.46. The quantitative estimate of drug-likeness (QED) is 0.429. The zero-order valence-corrected chi connectivity index (χ0v) is 18.0. The number of sulfonamides is 1. The van der Waals surface area contributed by atoms with Crippen LogP contribution in [0.3, 0.4) is 0 Å². The highest BCUT2D eigenvalue weighted by Gasteiger charge is 2.66. The van der Waals surface area contributed by atoms with Gasteiger partial charge in [-0.05, 0) is 44.1 Å². The van der Waals surface area contributed by atoms with Crippen LogP contribution in [-0.4, -0.2) is 45.5 Å². The highest BCUT2D eigenvalue weighted by atomic mass is 32.2. The van der Waals surface area contributed by atoms with Crippen LogP contribution >= 0.6 is 0 Å². The summed E-state index contributed by atoms with van der Waals surface area (Å²) in [5.74, 6) is 0. The molecule has 0 bridgehead atoms. The number of hydrogen-bond acceptors (Lipinski definition) is 4. The van der Waals surface area contributed by atoms with Crippen LogP contribution in [-0.2, 0) is 19.2 Å². The van der Waals surface area contributed by atoms with E-state index in [0.717, 1.165) is 11.8 Å². The lowest BCUT2D eigenvalue weighted by molar-refractivity contribution is -0.110. The fourth-order valence-electron chi connectivity index (χ4n) is 2.56. The molecule has 140 valence electrons. The fourth-order valence-corrected chi connectivity index (χ4v) is 5.52. The predicted octanol–water partition coefficient (Wildman–Crippen LogP) is 3.35. The van der Waals surface area contributed by atoms with E-state index in [1.807, 2.05) is 6.92 Å². The standard InChI is InChI=1S/C18H29NO4SSi/c1-14-8-10-15(11-9-14)24(21,22)19-16(18(19,5)13-20)12-23-25(6,7)17(2,3)4/h8-11,13,16H,12H2,1-7H3/t16?,18-,19?/m1/s1. The Kier molecular flexibility index (Phi) is 5.11. The third-order valence-corrected chi connectivity index (χ3v) is 12.1. The summed E-state index contributed by atoms with van der Waals surface area (Å²) in [6.07, 6.45) is 0.721. The van der Waals surface area contributed by atoms with E-state index in [1.54, 1.807) is 31.2 Å². The molecular formula is C18H29NO4SSi. The molecule has 1 aliphatic heterocycles. The van der Waals surface area contributed by atoms with Crippen molar-refractivity contribution < 1.29 is 17.6 Å². The van der Waals surface area contributed by atoms with Gasteiger partial charge in [-0.2, -0.15) is 4.31 Å². The molecule has 1 aromatic rings. The van der Waals surface area contributed by atoms with Crippen molar-refractivity contribution in [3.05, 3.63) is 29.8 Å². The largest absolute Gasteiger partial charge is 0.415 e. The molecule has 1 aromatic carbocycles. The van der Waals surface area contributed by atoms with Gasteiger partial charge in [0.1, 0.15) is 11.8 Å². The van der Waals surface area contributed by atoms with Crippen LogP contribution in [0.1, 0.15) is 33.3 Å². The van der Waals surface area contributed by atoms with E-state index in [2.05, 4.69) is 33.9 Å². The summed E-state index contributed by atoms with van der Waals surface area (Å²) < 4.78 is 33.3. The molecule has 0 aromatic heterocycles. The van der Waals surface area contributed by atoms with Gasteiger partial charge in [-0.1, -0.05) is 38.5 Å². The molecule has 1 aliphatic rings. The van der Waals surface area contributed by atoms with Crippen molar-refractivity contribution >= 4 is 24.6 Å². The van der Waals surface area contributed by atoms with Gasteiger partial charge in [0.2, 0.25) is 10.0 Å². The molecule has 0 radical (unpaired) electrons. The van der Waals surface area contributed by atoms with Crippen LogP contribution in [0.4, 0.5) is 0 Å². The fraction of sp³-hybridized carbons (Fsp3) is 0.611. The van der Waals surface area contributed by atoms with E-state index in [4.69, 9.17) is 4.43 Å². The Morgan fingerprint density at radius 2 is 1.76 bits per heavy atom. The van der Waals surface area contributed by atoms with Crippen LogP contribution in [0.15, 0.2) is 29.2 Å². The van der Waals surface area contributed by atoms with Crippen molar-refractivity contribution in [2.45, 2.75) is 69.2 Å². The maximum atomic E-state index is 12.9. The molecule has 3 atom stereocenters. The SMILES string of the molecule is Cc1ccc(S(=O)(=O)N2C(CO[Si](C)(C)C(C)(C)C)[C@@]2(C)C=O)cc1. The van der Waals surface area contributed by atoms with Gasteiger partial charge < -0.3 is 9.22 Å². The Balaban J connectivity index is 2.24. The molecule has 1 saturated heterocycles. The summed E-state index contributed by atoms with van der Waals surface area (Å²) in [7, 11) is -5.73. The monoisotopic (exact) mass is 383 g/mol. The van der Waals surface area contributed by atoms with E-state index >= 15 is 0 Å². The van der Waals surface area contributed by atoms with Gasteiger partial charge in [0.25, 0.3) is 0 Å². The van der Waals surface area contributed by atoms with Crippen molar-refractivity contribution in [3.8, 4) is 0 Å². The molecule has 0 spiro atoms. The molecule has 0 aliphatic carbocycles. The first-order valence-electron chi connectivity index (χ1n) is 8.49. The molecule has 0 amide bonds. The van der Waals surface area contributed by atoms with Crippen LogP contribution in [0.5, 0.6) is 0 Å². The number of carbonyl (C=O) groups excluding carboxylic acids is 1. The number of aldehydes is 1. The number of benzene rings is 1. The van der Waals surface area contributed by atoms with E-state index in [1.165, 1.54) is 4.31 Å². The summed E-state index contributed by atoms with van der Waals surface area (Å²) in [6.45, 7) is 14.4. The number of rotatable bonds is 6. The molecule has 1 heterocycles. The third kappa shape index (κ3) is 3.60. The number of carbonyl (C=O) groups is 1. The second-order valence-electron chi connectivity index (χ2n) is 8.54. The normalized spacial score (nSPS) is 27.2. The number of hydrogen-bond donors (Lipinski definition) is 0. The minimum absolute atomic E-state index is 0.0279. The molecule has 2 unspecified atom stereocenters. The lowest BCUT2D eigenvalue weighted by atomic mass is 10.1. The maximum absolute atomic E-state index is 12.9. The minimum atomic E-state index is -3.72. The number of nitrogens with zero attached hydrogens (tertiary/aromatic N) is 1. The van der Waals surface area contributed by atoms with Crippen molar-refractivity contribution in [1.82, 2.24) is 4.31 Å². The first-order chi connectivity index (χ1) is 11.3. The van der Waals surface area contributed by atoms with E-state index < -0.39 is 29.9 Å². The van der Waals surface area contributed by atoms with Crippen molar-refractivity contribution in [3.63, 3.8) is 0 Å². The molecule has 5 nitrogen and oxygen atoms in total. The van der Waals surface area contributed by atoms with Gasteiger partial charge in [-0.25, -0.2) is 8.42 Å². The zero-order chi connectivity index (χ0) is 19.3. The van der Waals surface area contributed by atoms with E-state index in [-0.39, 0.29) is 16.5 Å². The summed E-state index contributed by atoms with van der Waals surface area (Å²) >= 11 is 0. The maximum Gasteiger partial charge on any atom is 0.244 e. The lowest BCUT2D eigenvalue weighted by Crippen LogP contribution is -2.42. The summed E-state index contributed by atoms with van der Waals surface area (Å²) in [5.41, 5.74) is -0.0489. The second kappa shape index (κ2) is 6.30. The van der Waals surface area contributed by atoms with Crippen molar-refractivity contribution in [1.29, 1.82) is 0 Å². The molecule has 0 saturated carbocycles. The van der Waals surface area contributed by atoms with Crippen LogP contribution in [0, 0.1) is 6.92 Å². The minimum Gasteiger partial charge on any atom is -0.415 e. The molecule has 2 rings (SSSR count). The van der Waals surface area contributed by atoms with Gasteiger partial charge in [-0.3, -0.25) is 0 Å². The Morgan fingerprint density at radius 3 is 2.20 bits per heavy atom. The summed E-state index contributed by atoms with van der Waals surface area (Å²) in [6, 6.07) is 6.23. The molecule has 7 heteroatoms. The Bertz CT molecular complexity index is 752. The Morgan fingerprint density at radius 1 is 1.24 bits per heavy atom. The number of aryl methyl sites for hydroxylation is 1. The average Bonchev–Trinajstić information content (AvgIpc) is 3.11. The highest BCUT2D eigenvalue weighted by molar-refractivity contribution is 7.89. The summed E-state index contributed by atoms with van der Waals surface area (Å²) in [5, 5.41) is 0.0279. The zero-order valence-electron chi connectivity index (χ0n) is 16.2. The van der Waals surface area contributed by atoms with Gasteiger partial charge in [-0.15, -0.1) is 0 Å². The first-order valence-corrected chi connectivity index (χ1v) is 12.8. The van der Waals surface area contributed by atoms with Crippen molar-refractivity contribution in [2.75, 3.05) is 6.61 Å². The van der Waals surface area contributed by atoms with Crippen LogP contribution in [0.25, 0.3) is 0 Å². The Labute approximate surface area is 152 Å². The third-order valence-electron chi connectivity index (χ3n) is 5.59. The van der Waals surface area contributed by atoms with Gasteiger partial charge in [0.15, 0.2) is 8.32 Å². The lowest BCUT2D eigenvalue weighted by Gasteiger charge is -2.36. The molecule has 0 N–H and O–H groups in total. The first kappa shape index (κ1) is 20.3. The predicted molar refractivity (Wildman–Crippen MR) is 102 cm³/mol. The molecule has 1 fully saturated rings.